The molecule has 0 aliphatic carbocycles. The highest BCUT2D eigenvalue weighted by Gasteiger charge is 2.09. The van der Waals surface area contributed by atoms with Crippen molar-refractivity contribution in [3.63, 3.8) is 0 Å². The first-order valence-corrected chi connectivity index (χ1v) is 7.45. The predicted octanol–water partition coefficient (Wildman–Crippen LogP) is 4.04. The molecule has 0 spiro atoms. The number of imidazole rings is 1. The van der Waals surface area contributed by atoms with Crippen LogP contribution in [0.3, 0.4) is 0 Å². The molecule has 1 heterocycles. The number of hydrogen-bond donors (Lipinski definition) is 1. The molecule has 5 heteroatoms. The number of halogens is 1. The van der Waals surface area contributed by atoms with Gasteiger partial charge in [0.1, 0.15) is 0 Å². The van der Waals surface area contributed by atoms with Crippen LogP contribution in [0.25, 0.3) is 0 Å². The maximum Gasteiger partial charge on any atom is 0.207 e. The van der Waals surface area contributed by atoms with E-state index in [4.69, 9.17) is 4.74 Å². The largest absolute Gasteiger partial charge is 0.385 e. The summed E-state index contributed by atoms with van der Waals surface area (Å²) in [5.74, 6) is 0.855. The van der Waals surface area contributed by atoms with Crippen molar-refractivity contribution in [1.82, 2.24) is 9.55 Å². The zero-order chi connectivity index (χ0) is 14.5. The number of nitrogens with zero attached hydrogens (tertiary/aromatic N) is 2. The highest BCUT2D eigenvalue weighted by Crippen LogP contribution is 2.30. The van der Waals surface area contributed by atoms with Crippen LogP contribution in [0.5, 0.6) is 0 Å². The molecule has 0 radical (unpaired) electrons. The Balaban J connectivity index is 2.16. The molecular formula is C15H20BrN3O. The fourth-order valence-corrected chi connectivity index (χ4v) is 2.95. The van der Waals surface area contributed by atoms with Crippen LogP contribution in [0.1, 0.15) is 17.5 Å². The molecule has 0 saturated heterocycles. The van der Waals surface area contributed by atoms with Gasteiger partial charge in [-0.2, -0.15) is 0 Å². The molecule has 0 saturated carbocycles. The number of nitrogens with one attached hydrogen (secondary N) is 1. The average Bonchev–Trinajstić information content (AvgIpc) is 2.81. The van der Waals surface area contributed by atoms with Gasteiger partial charge in [-0.05, 0) is 53.4 Å². The number of hydrogen-bond acceptors (Lipinski definition) is 3. The van der Waals surface area contributed by atoms with Crippen LogP contribution in [0.4, 0.5) is 11.6 Å². The second-order valence-corrected chi connectivity index (χ2v) is 5.71. The molecule has 0 fully saturated rings. The molecular weight excluding hydrogens is 318 g/mol. The standard InChI is InChI=1S/C15H20BrN3O/c1-11-9-12(2)14(13(16)10-11)18-15-17-5-7-19(15)6-4-8-20-3/h5,7,9-10H,4,6,8H2,1-3H3,(H,17,18). The molecule has 0 aliphatic heterocycles. The first-order valence-electron chi connectivity index (χ1n) is 6.65. The van der Waals surface area contributed by atoms with Crippen molar-refractivity contribution in [3.05, 3.63) is 40.1 Å². The van der Waals surface area contributed by atoms with Gasteiger partial charge in [0.25, 0.3) is 0 Å². The van der Waals surface area contributed by atoms with Crippen LogP contribution in [0.15, 0.2) is 29.0 Å². The van der Waals surface area contributed by atoms with Crippen LogP contribution < -0.4 is 5.32 Å². The summed E-state index contributed by atoms with van der Waals surface area (Å²) < 4.78 is 8.25. The number of aryl methyl sites for hydroxylation is 3. The Bertz CT molecular complexity index is 557. The number of benzene rings is 1. The van der Waals surface area contributed by atoms with Crippen molar-refractivity contribution in [2.45, 2.75) is 26.8 Å². The molecule has 0 amide bonds. The van der Waals surface area contributed by atoms with Gasteiger partial charge >= 0.3 is 0 Å². The Morgan fingerprint density at radius 3 is 2.85 bits per heavy atom. The van der Waals surface area contributed by atoms with E-state index in [9.17, 15) is 0 Å². The summed E-state index contributed by atoms with van der Waals surface area (Å²) in [6, 6.07) is 4.26. The Morgan fingerprint density at radius 1 is 1.35 bits per heavy atom. The summed E-state index contributed by atoms with van der Waals surface area (Å²) in [7, 11) is 1.72. The minimum absolute atomic E-state index is 0.755. The summed E-state index contributed by atoms with van der Waals surface area (Å²) in [5, 5.41) is 3.41. The smallest absolute Gasteiger partial charge is 0.207 e. The number of rotatable bonds is 6. The maximum absolute atomic E-state index is 5.09. The van der Waals surface area contributed by atoms with Gasteiger partial charge in [0.05, 0.1) is 5.69 Å². The van der Waals surface area contributed by atoms with Crippen molar-refractivity contribution in [2.75, 3.05) is 19.0 Å². The van der Waals surface area contributed by atoms with Gasteiger partial charge in [-0.3, -0.25) is 0 Å². The minimum Gasteiger partial charge on any atom is -0.385 e. The summed E-state index contributed by atoms with van der Waals surface area (Å²) in [4.78, 5) is 4.39. The summed E-state index contributed by atoms with van der Waals surface area (Å²) in [6.45, 7) is 5.83. The van der Waals surface area contributed by atoms with E-state index >= 15 is 0 Å². The lowest BCUT2D eigenvalue weighted by Gasteiger charge is -2.14. The Morgan fingerprint density at radius 2 is 2.15 bits per heavy atom. The van der Waals surface area contributed by atoms with E-state index in [-0.39, 0.29) is 0 Å². The van der Waals surface area contributed by atoms with Gasteiger partial charge in [-0.25, -0.2) is 4.98 Å². The molecule has 0 unspecified atom stereocenters. The Labute approximate surface area is 128 Å². The average molecular weight is 338 g/mol. The van der Waals surface area contributed by atoms with E-state index in [0.717, 1.165) is 35.7 Å². The number of anilines is 2. The van der Waals surface area contributed by atoms with E-state index in [1.807, 2.05) is 12.4 Å². The minimum atomic E-state index is 0.755. The topological polar surface area (TPSA) is 39.1 Å². The van der Waals surface area contributed by atoms with Gasteiger partial charge in [-0.1, -0.05) is 6.07 Å². The third-order valence-corrected chi connectivity index (χ3v) is 3.76. The van der Waals surface area contributed by atoms with Crippen molar-refractivity contribution < 1.29 is 4.74 Å². The third-order valence-electron chi connectivity index (χ3n) is 3.13. The quantitative estimate of drug-likeness (QED) is 0.808. The van der Waals surface area contributed by atoms with Crippen molar-refractivity contribution in [3.8, 4) is 0 Å². The molecule has 2 rings (SSSR count). The van der Waals surface area contributed by atoms with E-state index in [1.165, 1.54) is 11.1 Å². The Hall–Kier alpha value is -1.33. The highest BCUT2D eigenvalue weighted by atomic mass is 79.9. The van der Waals surface area contributed by atoms with Gasteiger partial charge in [0.15, 0.2) is 0 Å². The van der Waals surface area contributed by atoms with Crippen LogP contribution in [-0.4, -0.2) is 23.3 Å². The number of methoxy groups -OCH3 is 1. The summed E-state index contributed by atoms with van der Waals surface area (Å²) >= 11 is 3.61. The molecule has 4 nitrogen and oxygen atoms in total. The maximum atomic E-state index is 5.09. The fourth-order valence-electron chi connectivity index (χ4n) is 2.18. The molecule has 0 bridgehead atoms. The molecule has 2 aromatic rings. The van der Waals surface area contributed by atoms with Crippen LogP contribution in [0.2, 0.25) is 0 Å². The zero-order valence-corrected chi connectivity index (χ0v) is 13.7. The highest BCUT2D eigenvalue weighted by molar-refractivity contribution is 9.10. The number of aromatic nitrogens is 2. The molecule has 1 aromatic carbocycles. The molecule has 0 atom stereocenters. The normalized spacial score (nSPS) is 10.8. The SMILES string of the molecule is COCCCn1ccnc1Nc1c(C)cc(C)cc1Br. The van der Waals surface area contributed by atoms with Crippen LogP contribution >= 0.6 is 15.9 Å². The van der Waals surface area contributed by atoms with Crippen LogP contribution in [-0.2, 0) is 11.3 Å². The predicted molar refractivity (Wildman–Crippen MR) is 85.6 cm³/mol. The van der Waals surface area contributed by atoms with Gasteiger partial charge in [-0.15, -0.1) is 0 Å². The second kappa shape index (κ2) is 6.90. The van der Waals surface area contributed by atoms with E-state index in [2.05, 4.69) is 56.8 Å². The molecule has 1 aromatic heterocycles. The molecule has 108 valence electrons. The molecule has 1 N–H and O–H groups in total. The van der Waals surface area contributed by atoms with E-state index < -0.39 is 0 Å². The lowest BCUT2D eigenvalue weighted by molar-refractivity contribution is 0.190. The third kappa shape index (κ3) is 3.61. The van der Waals surface area contributed by atoms with Crippen LogP contribution in [0, 0.1) is 13.8 Å². The first kappa shape index (κ1) is 15.1. The summed E-state index contributed by atoms with van der Waals surface area (Å²) in [6.07, 6.45) is 4.76. The van der Waals surface area contributed by atoms with Gasteiger partial charge in [0, 0.05) is 37.1 Å². The zero-order valence-electron chi connectivity index (χ0n) is 12.1. The van der Waals surface area contributed by atoms with E-state index in [1.54, 1.807) is 7.11 Å². The monoisotopic (exact) mass is 337 g/mol. The second-order valence-electron chi connectivity index (χ2n) is 4.85. The first-order chi connectivity index (χ1) is 9.61. The number of ether oxygens (including phenoxy) is 1. The Kier molecular flexibility index (Phi) is 5.20. The molecule has 20 heavy (non-hydrogen) atoms. The van der Waals surface area contributed by atoms with Gasteiger partial charge in [0.2, 0.25) is 5.95 Å². The van der Waals surface area contributed by atoms with Crippen molar-refractivity contribution in [1.29, 1.82) is 0 Å². The van der Waals surface area contributed by atoms with Crippen molar-refractivity contribution >= 4 is 27.6 Å². The molecule has 0 aliphatic rings. The summed E-state index contributed by atoms with van der Waals surface area (Å²) in [5.41, 5.74) is 3.50. The van der Waals surface area contributed by atoms with E-state index in [0.29, 0.717) is 0 Å². The van der Waals surface area contributed by atoms with Gasteiger partial charge < -0.3 is 14.6 Å². The lowest BCUT2D eigenvalue weighted by atomic mass is 10.1. The fraction of sp³-hybridized carbons (Fsp3) is 0.400. The lowest BCUT2D eigenvalue weighted by Crippen LogP contribution is -2.06. The van der Waals surface area contributed by atoms with Crippen molar-refractivity contribution in [2.24, 2.45) is 0 Å².